The molecule has 2 aromatic carbocycles. The minimum atomic E-state index is -4.03. The Bertz CT molecular complexity index is 936. The van der Waals surface area contributed by atoms with E-state index < -0.39 is 22.0 Å². The predicted molar refractivity (Wildman–Crippen MR) is 95.7 cm³/mol. The number of rotatable bonds is 6. The van der Waals surface area contributed by atoms with Gasteiger partial charge < -0.3 is 9.47 Å². The molecule has 0 radical (unpaired) electrons. The molecule has 0 saturated carbocycles. The van der Waals surface area contributed by atoms with Crippen LogP contribution >= 0.6 is 0 Å². The summed E-state index contributed by atoms with van der Waals surface area (Å²) in [6.07, 6.45) is 0. The Morgan fingerprint density at radius 3 is 2.38 bits per heavy atom. The van der Waals surface area contributed by atoms with Gasteiger partial charge in [-0.1, -0.05) is 18.2 Å². The van der Waals surface area contributed by atoms with Crippen LogP contribution in [-0.2, 0) is 19.5 Å². The largest absolute Gasteiger partial charge is 0.465 e. The first-order valence-corrected chi connectivity index (χ1v) is 9.26. The number of carbonyl (C=O) groups excluding carboxylic acids is 2. The van der Waals surface area contributed by atoms with E-state index in [-0.39, 0.29) is 28.3 Å². The second-order valence-electron chi connectivity index (χ2n) is 5.34. The van der Waals surface area contributed by atoms with Crippen molar-refractivity contribution >= 4 is 27.6 Å². The number of carbonyl (C=O) groups is 2. The van der Waals surface area contributed by atoms with Gasteiger partial charge in [-0.15, -0.1) is 0 Å². The molecule has 0 saturated heterocycles. The molecule has 2 rings (SSSR count). The van der Waals surface area contributed by atoms with Crippen molar-refractivity contribution in [3.8, 4) is 0 Å². The number of ether oxygens (including phenoxy) is 2. The molecule has 0 spiro atoms. The van der Waals surface area contributed by atoms with Crippen molar-refractivity contribution in [2.45, 2.75) is 18.7 Å². The van der Waals surface area contributed by atoms with E-state index in [0.717, 1.165) is 0 Å². The third-order valence-corrected chi connectivity index (χ3v) is 4.95. The third kappa shape index (κ3) is 4.20. The molecular weight excluding hydrogens is 358 g/mol. The first kappa shape index (κ1) is 19.5. The molecule has 0 fully saturated rings. The topological polar surface area (TPSA) is 98.8 Å². The lowest BCUT2D eigenvalue weighted by atomic mass is 10.1. The minimum absolute atomic E-state index is 0.0890. The Morgan fingerprint density at radius 2 is 1.73 bits per heavy atom. The molecule has 0 aliphatic heterocycles. The lowest BCUT2D eigenvalue weighted by Gasteiger charge is -2.13. The second-order valence-corrected chi connectivity index (χ2v) is 7.02. The summed E-state index contributed by atoms with van der Waals surface area (Å²) in [6, 6.07) is 10.2. The summed E-state index contributed by atoms with van der Waals surface area (Å²) in [6.45, 7) is 3.50. The Morgan fingerprint density at radius 1 is 1.04 bits per heavy atom. The summed E-state index contributed by atoms with van der Waals surface area (Å²) in [5.41, 5.74) is 0.918. The zero-order chi connectivity index (χ0) is 19.3. The SMILES string of the molecule is CCOC(=O)c1ccccc1NS(=O)(=O)c1ccc(C)c(C(=O)OC)c1. The van der Waals surface area contributed by atoms with Crippen molar-refractivity contribution in [1.82, 2.24) is 0 Å². The number of esters is 2. The quantitative estimate of drug-likeness (QED) is 0.777. The number of anilines is 1. The van der Waals surface area contributed by atoms with E-state index in [9.17, 15) is 18.0 Å². The summed E-state index contributed by atoms with van der Waals surface area (Å²) >= 11 is 0. The van der Waals surface area contributed by atoms with Crippen LogP contribution in [-0.4, -0.2) is 34.1 Å². The number of methoxy groups -OCH3 is 1. The van der Waals surface area contributed by atoms with Gasteiger partial charge in [0.05, 0.1) is 35.4 Å². The van der Waals surface area contributed by atoms with E-state index in [2.05, 4.69) is 9.46 Å². The molecule has 2 aromatic rings. The van der Waals surface area contributed by atoms with E-state index in [0.29, 0.717) is 5.56 Å². The molecule has 0 aliphatic carbocycles. The fraction of sp³-hybridized carbons (Fsp3) is 0.222. The van der Waals surface area contributed by atoms with Crippen LogP contribution in [0.3, 0.4) is 0 Å². The highest BCUT2D eigenvalue weighted by molar-refractivity contribution is 7.92. The van der Waals surface area contributed by atoms with Gasteiger partial charge in [-0.25, -0.2) is 18.0 Å². The summed E-state index contributed by atoms with van der Waals surface area (Å²) < 4.78 is 37.4. The number of aryl methyl sites for hydroxylation is 1. The molecule has 0 amide bonds. The maximum Gasteiger partial charge on any atom is 0.340 e. The lowest BCUT2D eigenvalue weighted by Crippen LogP contribution is -2.17. The van der Waals surface area contributed by atoms with Crippen LogP contribution in [0.25, 0.3) is 0 Å². The summed E-state index contributed by atoms with van der Waals surface area (Å²) in [5, 5.41) is 0. The van der Waals surface area contributed by atoms with E-state index >= 15 is 0 Å². The number of hydrogen-bond donors (Lipinski definition) is 1. The van der Waals surface area contributed by atoms with Gasteiger partial charge in [-0.05, 0) is 43.7 Å². The number of nitrogens with one attached hydrogen (secondary N) is 1. The van der Waals surface area contributed by atoms with E-state index in [4.69, 9.17) is 4.74 Å². The van der Waals surface area contributed by atoms with Crippen LogP contribution in [0.5, 0.6) is 0 Å². The van der Waals surface area contributed by atoms with Gasteiger partial charge in [0.1, 0.15) is 0 Å². The number of benzene rings is 2. The Hall–Kier alpha value is -2.87. The third-order valence-electron chi connectivity index (χ3n) is 3.59. The maximum absolute atomic E-state index is 12.7. The molecule has 0 atom stereocenters. The van der Waals surface area contributed by atoms with Gasteiger partial charge in [0.15, 0.2) is 0 Å². The predicted octanol–water partition coefficient (Wildman–Crippen LogP) is 2.76. The molecule has 0 aromatic heterocycles. The Labute approximate surface area is 152 Å². The highest BCUT2D eigenvalue weighted by atomic mass is 32.2. The average molecular weight is 377 g/mol. The van der Waals surface area contributed by atoms with Crippen LogP contribution in [0.4, 0.5) is 5.69 Å². The van der Waals surface area contributed by atoms with Gasteiger partial charge in [0, 0.05) is 0 Å². The molecule has 8 heteroatoms. The second kappa shape index (κ2) is 8.01. The van der Waals surface area contributed by atoms with Crippen LogP contribution in [0.15, 0.2) is 47.4 Å². The molecule has 7 nitrogen and oxygen atoms in total. The average Bonchev–Trinajstić information content (AvgIpc) is 2.61. The van der Waals surface area contributed by atoms with Gasteiger partial charge in [0.2, 0.25) is 0 Å². The summed E-state index contributed by atoms with van der Waals surface area (Å²) in [7, 11) is -2.81. The van der Waals surface area contributed by atoms with Gasteiger partial charge in [-0.3, -0.25) is 4.72 Å². The van der Waals surface area contributed by atoms with Crippen molar-refractivity contribution in [3.05, 3.63) is 59.2 Å². The van der Waals surface area contributed by atoms with Crippen molar-refractivity contribution in [2.24, 2.45) is 0 Å². The standard InChI is InChI=1S/C18H19NO6S/c1-4-25-18(21)14-7-5-6-8-16(14)19-26(22,23)13-10-9-12(2)15(11-13)17(20)24-3/h5-11,19H,4H2,1-3H3. The molecule has 0 aliphatic rings. The van der Waals surface area contributed by atoms with Crippen molar-refractivity contribution < 1.29 is 27.5 Å². The van der Waals surface area contributed by atoms with E-state index in [1.54, 1.807) is 26.0 Å². The number of sulfonamides is 1. The lowest BCUT2D eigenvalue weighted by molar-refractivity contribution is 0.0526. The van der Waals surface area contributed by atoms with Gasteiger partial charge in [-0.2, -0.15) is 0 Å². The molecule has 26 heavy (non-hydrogen) atoms. The van der Waals surface area contributed by atoms with Crippen LogP contribution in [0.2, 0.25) is 0 Å². The van der Waals surface area contributed by atoms with Crippen LogP contribution < -0.4 is 4.72 Å². The highest BCUT2D eigenvalue weighted by Crippen LogP contribution is 2.23. The highest BCUT2D eigenvalue weighted by Gasteiger charge is 2.21. The smallest absolute Gasteiger partial charge is 0.340 e. The van der Waals surface area contributed by atoms with Crippen LogP contribution in [0.1, 0.15) is 33.2 Å². The number of hydrogen-bond acceptors (Lipinski definition) is 6. The minimum Gasteiger partial charge on any atom is -0.465 e. The monoisotopic (exact) mass is 377 g/mol. The van der Waals surface area contributed by atoms with E-state index in [1.807, 2.05) is 0 Å². The normalized spacial score (nSPS) is 10.9. The first-order valence-electron chi connectivity index (χ1n) is 7.78. The molecule has 1 N–H and O–H groups in total. The van der Waals surface area contributed by atoms with Gasteiger partial charge >= 0.3 is 11.9 Å². The van der Waals surface area contributed by atoms with Crippen LogP contribution in [0, 0.1) is 6.92 Å². The zero-order valence-corrected chi connectivity index (χ0v) is 15.4. The fourth-order valence-corrected chi connectivity index (χ4v) is 3.37. The Kier molecular flexibility index (Phi) is 5.99. The maximum atomic E-state index is 12.7. The molecule has 138 valence electrons. The molecular formula is C18H19NO6S. The Balaban J connectivity index is 2.42. The molecule has 0 heterocycles. The molecule has 0 unspecified atom stereocenters. The number of para-hydroxylation sites is 1. The zero-order valence-electron chi connectivity index (χ0n) is 14.6. The molecule has 0 bridgehead atoms. The van der Waals surface area contributed by atoms with Gasteiger partial charge in [0.25, 0.3) is 10.0 Å². The van der Waals surface area contributed by atoms with E-state index in [1.165, 1.54) is 37.4 Å². The van der Waals surface area contributed by atoms with Crippen molar-refractivity contribution in [3.63, 3.8) is 0 Å². The first-order chi connectivity index (χ1) is 12.3. The summed E-state index contributed by atoms with van der Waals surface area (Å²) in [5.74, 6) is -1.27. The fourth-order valence-electron chi connectivity index (χ4n) is 2.26. The van der Waals surface area contributed by atoms with Crippen molar-refractivity contribution in [1.29, 1.82) is 0 Å². The summed E-state index contributed by atoms with van der Waals surface area (Å²) in [4.78, 5) is 23.7. The van der Waals surface area contributed by atoms with Crippen molar-refractivity contribution in [2.75, 3.05) is 18.4 Å².